The van der Waals surface area contributed by atoms with E-state index >= 15 is 0 Å². The minimum absolute atomic E-state index is 0.113. The summed E-state index contributed by atoms with van der Waals surface area (Å²) < 4.78 is 11.3. The van der Waals surface area contributed by atoms with Gasteiger partial charge in [-0.2, -0.15) is 0 Å². The van der Waals surface area contributed by atoms with Crippen LogP contribution in [-0.4, -0.2) is 35.0 Å². The van der Waals surface area contributed by atoms with Gasteiger partial charge < -0.3 is 19.7 Å². The molecule has 1 fully saturated rings. The van der Waals surface area contributed by atoms with E-state index in [4.69, 9.17) is 9.47 Å². The summed E-state index contributed by atoms with van der Waals surface area (Å²) in [4.78, 5) is 12.2. The van der Waals surface area contributed by atoms with E-state index in [1.165, 1.54) is 12.0 Å². The minimum Gasteiger partial charge on any atom is -0.482 e. The van der Waals surface area contributed by atoms with Crippen molar-refractivity contribution in [2.45, 2.75) is 83.5 Å². The average molecular weight is 481 g/mol. The highest BCUT2D eigenvalue weighted by molar-refractivity contribution is 5.71. The van der Waals surface area contributed by atoms with Crippen LogP contribution in [0.5, 0.6) is 5.75 Å². The molecule has 2 aromatic rings. The van der Waals surface area contributed by atoms with Gasteiger partial charge in [0.2, 0.25) is 0 Å². The normalized spacial score (nSPS) is 23.9. The van der Waals surface area contributed by atoms with Crippen molar-refractivity contribution in [1.82, 2.24) is 0 Å². The van der Waals surface area contributed by atoms with Crippen molar-refractivity contribution in [2.24, 2.45) is 17.8 Å². The standard InChI is InChI=1S/C30H40O5/c1-2-3-5-12-24(31)14-15-25-26-16-22-11-8-13-29(27(22)17-23(26)18-28(25)32)34-20-30(33)35-19-21-9-6-4-7-10-21/h4,6-11,13,23-26,28,31-32H,2-3,5,12,14-20H2,1H3/t23?,24-,25+,26-,28+/m0/s1. The highest BCUT2D eigenvalue weighted by Gasteiger charge is 2.44. The van der Waals surface area contributed by atoms with Gasteiger partial charge in [-0.25, -0.2) is 4.79 Å². The molecule has 0 bridgehead atoms. The van der Waals surface area contributed by atoms with E-state index in [-0.39, 0.29) is 37.3 Å². The molecule has 5 nitrogen and oxygen atoms in total. The fraction of sp³-hybridized carbons (Fsp3) is 0.567. The van der Waals surface area contributed by atoms with E-state index in [1.807, 2.05) is 42.5 Å². The predicted molar refractivity (Wildman–Crippen MR) is 136 cm³/mol. The average Bonchev–Trinajstić information content (AvgIpc) is 3.18. The number of aliphatic hydroxyl groups excluding tert-OH is 2. The molecule has 2 aromatic carbocycles. The molecule has 2 aliphatic rings. The smallest absolute Gasteiger partial charge is 0.344 e. The fourth-order valence-corrected chi connectivity index (χ4v) is 6.01. The topological polar surface area (TPSA) is 76.0 Å². The number of aliphatic hydroxyl groups is 2. The zero-order valence-corrected chi connectivity index (χ0v) is 20.9. The molecule has 2 aliphatic carbocycles. The molecule has 0 aliphatic heterocycles. The van der Waals surface area contributed by atoms with Crippen LogP contribution < -0.4 is 4.74 Å². The maximum absolute atomic E-state index is 12.2. The van der Waals surface area contributed by atoms with Crippen LogP contribution in [0.2, 0.25) is 0 Å². The first-order valence-corrected chi connectivity index (χ1v) is 13.3. The van der Waals surface area contributed by atoms with Crippen molar-refractivity contribution in [2.75, 3.05) is 6.61 Å². The Hall–Kier alpha value is -2.37. The molecule has 1 unspecified atom stereocenters. The third-order valence-electron chi connectivity index (χ3n) is 7.91. The summed E-state index contributed by atoms with van der Waals surface area (Å²) in [6.07, 6.45) is 7.94. The van der Waals surface area contributed by atoms with Crippen LogP contribution in [0.1, 0.15) is 68.6 Å². The molecule has 5 atom stereocenters. The van der Waals surface area contributed by atoms with Gasteiger partial charge in [-0.05, 0) is 79.0 Å². The van der Waals surface area contributed by atoms with Gasteiger partial charge in [0.25, 0.3) is 0 Å². The number of benzene rings is 2. The zero-order chi connectivity index (χ0) is 24.6. The van der Waals surface area contributed by atoms with Gasteiger partial charge >= 0.3 is 5.97 Å². The second-order valence-electron chi connectivity index (χ2n) is 10.4. The van der Waals surface area contributed by atoms with Crippen LogP contribution in [0.4, 0.5) is 0 Å². The molecular formula is C30H40O5. The lowest BCUT2D eigenvalue weighted by Gasteiger charge is -2.32. The number of hydrogen-bond donors (Lipinski definition) is 2. The Morgan fingerprint density at radius 1 is 1.06 bits per heavy atom. The molecule has 5 heteroatoms. The molecule has 1 saturated carbocycles. The first-order chi connectivity index (χ1) is 17.0. The van der Waals surface area contributed by atoms with Crippen molar-refractivity contribution in [1.29, 1.82) is 0 Å². The van der Waals surface area contributed by atoms with E-state index < -0.39 is 0 Å². The van der Waals surface area contributed by atoms with Gasteiger partial charge in [0.15, 0.2) is 6.61 Å². The van der Waals surface area contributed by atoms with Crippen molar-refractivity contribution >= 4 is 5.97 Å². The number of carbonyl (C=O) groups excluding carboxylic acids is 1. The summed E-state index contributed by atoms with van der Waals surface area (Å²) in [6, 6.07) is 15.7. The molecular weight excluding hydrogens is 440 g/mol. The van der Waals surface area contributed by atoms with Crippen molar-refractivity contribution in [3.63, 3.8) is 0 Å². The molecule has 0 spiro atoms. The summed E-state index contributed by atoms with van der Waals surface area (Å²) in [5, 5.41) is 21.2. The Balaban J connectivity index is 1.31. The molecule has 2 N–H and O–H groups in total. The summed E-state index contributed by atoms with van der Waals surface area (Å²) in [5.74, 6) is 1.46. The number of hydrogen-bond acceptors (Lipinski definition) is 5. The van der Waals surface area contributed by atoms with E-state index in [1.54, 1.807) is 0 Å². The first kappa shape index (κ1) is 25.7. The molecule has 0 heterocycles. The molecule has 0 amide bonds. The third-order valence-corrected chi connectivity index (χ3v) is 7.91. The van der Waals surface area contributed by atoms with Crippen molar-refractivity contribution < 1.29 is 24.5 Å². The van der Waals surface area contributed by atoms with Gasteiger partial charge in [-0.1, -0.05) is 68.7 Å². The lowest BCUT2D eigenvalue weighted by molar-refractivity contribution is -0.147. The number of rotatable bonds is 12. The van der Waals surface area contributed by atoms with Gasteiger partial charge in [-0.15, -0.1) is 0 Å². The number of ether oxygens (including phenoxy) is 2. The van der Waals surface area contributed by atoms with Crippen LogP contribution in [0.3, 0.4) is 0 Å². The second-order valence-corrected chi connectivity index (χ2v) is 10.4. The minimum atomic E-state index is -0.381. The highest BCUT2D eigenvalue weighted by atomic mass is 16.6. The van der Waals surface area contributed by atoms with Gasteiger partial charge in [0.1, 0.15) is 12.4 Å². The van der Waals surface area contributed by atoms with Gasteiger partial charge in [0.05, 0.1) is 12.2 Å². The molecule has 35 heavy (non-hydrogen) atoms. The van der Waals surface area contributed by atoms with Crippen molar-refractivity contribution in [3.8, 4) is 5.75 Å². The Kier molecular flexibility index (Phi) is 9.22. The lowest BCUT2D eigenvalue weighted by Crippen LogP contribution is -2.28. The summed E-state index contributed by atoms with van der Waals surface area (Å²) >= 11 is 0. The number of fused-ring (bicyclic) bond motifs is 2. The van der Waals surface area contributed by atoms with Crippen LogP contribution in [-0.2, 0) is 29.0 Å². The van der Waals surface area contributed by atoms with Crippen LogP contribution in [0, 0.1) is 17.8 Å². The number of unbranched alkanes of at least 4 members (excludes halogenated alkanes) is 2. The monoisotopic (exact) mass is 480 g/mol. The summed E-state index contributed by atoms with van der Waals surface area (Å²) in [7, 11) is 0. The summed E-state index contributed by atoms with van der Waals surface area (Å²) in [5.41, 5.74) is 3.37. The Bertz CT molecular complexity index is 943. The van der Waals surface area contributed by atoms with E-state index in [2.05, 4.69) is 13.0 Å². The van der Waals surface area contributed by atoms with E-state index in [9.17, 15) is 15.0 Å². The third kappa shape index (κ3) is 6.86. The van der Waals surface area contributed by atoms with Crippen LogP contribution in [0.25, 0.3) is 0 Å². The predicted octanol–water partition coefficient (Wildman–Crippen LogP) is 5.24. The maximum atomic E-state index is 12.2. The van der Waals surface area contributed by atoms with Crippen LogP contribution in [0.15, 0.2) is 48.5 Å². The lowest BCUT2D eigenvalue weighted by atomic mass is 9.73. The number of esters is 1. The largest absolute Gasteiger partial charge is 0.482 e. The van der Waals surface area contributed by atoms with Crippen LogP contribution >= 0.6 is 0 Å². The zero-order valence-electron chi connectivity index (χ0n) is 20.9. The molecule has 0 saturated heterocycles. The van der Waals surface area contributed by atoms with E-state index in [0.717, 1.165) is 68.2 Å². The summed E-state index contributed by atoms with van der Waals surface area (Å²) in [6.45, 7) is 2.31. The molecule has 4 rings (SSSR count). The Labute approximate surface area is 209 Å². The Morgan fingerprint density at radius 3 is 2.69 bits per heavy atom. The molecule has 0 aromatic heterocycles. The van der Waals surface area contributed by atoms with Gasteiger partial charge in [-0.3, -0.25) is 0 Å². The second kappa shape index (κ2) is 12.5. The molecule has 0 radical (unpaired) electrons. The SMILES string of the molecule is CCCCC[C@H](O)CC[C@H]1[C@H](O)CC2Cc3c(cccc3OCC(=O)OCc3ccccc3)C[C@@H]21. The quantitative estimate of drug-likeness (QED) is 0.321. The van der Waals surface area contributed by atoms with Crippen molar-refractivity contribution in [3.05, 3.63) is 65.2 Å². The Morgan fingerprint density at radius 2 is 1.89 bits per heavy atom. The van der Waals surface area contributed by atoms with E-state index in [0.29, 0.717) is 11.8 Å². The maximum Gasteiger partial charge on any atom is 0.344 e. The number of carbonyl (C=O) groups is 1. The van der Waals surface area contributed by atoms with Gasteiger partial charge in [0, 0.05) is 0 Å². The first-order valence-electron chi connectivity index (χ1n) is 13.3. The highest BCUT2D eigenvalue weighted by Crippen LogP contribution is 2.48. The fourth-order valence-electron chi connectivity index (χ4n) is 6.01. The molecule has 190 valence electrons.